The van der Waals surface area contributed by atoms with Gasteiger partial charge in [-0.15, -0.1) is 12.4 Å². The Hall–Kier alpha value is -0.680. The molecule has 0 saturated heterocycles. The van der Waals surface area contributed by atoms with Crippen molar-refractivity contribution in [3.63, 3.8) is 0 Å². The summed E-state index contributed by atoms with van der Waals surface area (Å²) < 4.78 is 10.7. The van der Waals surface area contributed by atoms with Gasteiger partial charge in [-0.3, -0.25) is 0 Å². The first kappa shape index (κ1) is 19.1. The predicted molar refractivity (Wildman–Crippen MR) is 101 cm³/mol. The second-order valence-electron chi connectivity index (χ2n) is 8.13. The van der Waals surface area contributed by atoms with Crippen molar-refractivity contribution in [2.45, 2.75) is 56.2 Å². The van der Waals surface area contributed by atoms with Crippen LogP contribution in [0.1, 0.15) is 44.1 Å². The lowest BCUT2D eigenvalue weighted by Crippen LogP contribution is -2.64. The van der Waals surface area contributed by atoms with E-state index >= 15 is 0 Å². The Morgan fingerprint density at radius 3 is 2.40 bits per heavy atom. The van der Waals surface area contributed by atoms with Crippen LogP contribution in [-0.2, 0) is 6.54 Å². The second kappa shape index (κ2) is 6.80. The molecule has 4 fully saturated rings. The van der Waals surface area contributed by atoms with E-state index in [0.29, 0.717) is 28.4 Å². The highest BCUT2D eigenvalue weighted by Gasteiger charge is 2.56. The summed E-state index contributed by atoms with van der Waals surface area (Å²) in [6, 6.07) is 3.91. The lowest BCUT2D eigenvalue weighted by atomic mass is 9.51. The number of benzene rings is 1. The quantitative estimate of drug-likeness (QED) is 0.802. The van der Waals surface area contributed by atoms with Crippen LogP contribution < -0.4 is 14.8 Å². The Kier molecular flexibility index (Phi) is 5.20. The Morgan fingerprint density at radius 2 is 1.84 bits per heavy atom. The normalized spacial score (nSPS) is 35.4. The minimum Gasteiger partial charge on any atom is -0.493 e. The topological polar surface area (TPSA) is 50.7 Å². The Morgan fingerprint density at radius 1 is 1.16 bits per heavy atom. The van der Waals surface area contributed by atoms with Crippen LogP contribution in [0.25, 0.3) is 0 Å². The van der Waals surface area contributed by atoms with Crippen molar-refractivity contribution in [2.24, 2.45) is 11.8 Å². The van der Waals surface area contributed by atoms with Gasteiger partial charge in [-0.05, 0) is 68.1 Å². The van der Waals surface area contributed by atoms with Gasteiger partial charge in [0.15, 0.2) is 11.5 Å². The fourth-order valence-electron chi connectivity index (χ4n) is 5.78. The summed E-state index contributed by atoms with van der Waals surface area (Å²) in [5, 5.41) is 15.2. The summed E-state index contributed by atoms with van der Waals surface area (Å²) in [4.78, 5) is 0. The molecule has 2 unspecified atom stereocenters. The van der Waals surface area contributed by atoms with Crippen LogP contribution in [0.15, 0.2) is 12.1 Å². The van der Waals surface area contributed by atoms with E-state index in [2.05, 4.69) is 5.32 Å². The molecule has 1 aromatic rings. The lowest BCUT2D eigenvalue weighted by molar-refractivity contribution is -0.142. The number of hydrogen-bond acceptors (Lipinski definition) is 4. The lowest BCUT2D eigenvalue weighted by Gasteiger charge is -2.60. The third-order valence-electron chi connectivity index (χ3n) is 6.19. The molecule has 25 heavy (non-hydrogen) atoms. The molecule has 0 radical (unpaired) electrons. The van der Waals surface area contributed by atoms with Crippen molar-refractivity contribution in [1.82, 2.24) is 5.32 Å². The van der Waals surface area contributed by atoms with Gasteiger partial charge in [-0.2, -0.15) is 0 Å². The molecule has 5 rings (SSSR count). The van der Waals surface area contributed by atoms with Crippen LogP contribution in [-0.4, -0.2) is 30.5 Å². The van der Waals surface area contributed by atoms with E-state index in [1.165, 1.54) is 19.3 Å². The molecule has 4 aliphatic carbocycles. The van der Waals surface area contributed by atoms with Crippen molar-refractivity contribution < 1.29 is 14.6 Å². The van der Waals surface area contributed by atoms with Gasteiger partial charge < -0.3 is 19.9 Å². The maximum absolute atomic E-state index is 10.9. The second-order valence-corrected chi connectivity index (χ2v) is 8.54. The van der Waals surface area contributed by atoms with Crippen LogP contribution in [0.4, 0.5) is 0 Å². The monoisotopic (exact) mass is 387 g/mol. The molecule has 0 amide bonds. The van der Waals surface area contributed by atoms with Gasteiger partial charge in [0, 0.05) is 12.1 Å². The number of halogens is 2. The minimum absolute atomic E-state index is 0. The van der Waals surface area contributed by atoms with Crippen molar-refractivity contribution in [2.75, 3.05) is 14.2 Å². The highest BCUT2D eigenvalue weighted by molar-refractivity contribution is 6.32. The van der Waals surface area contributed by atoms with Crippen molar-refractivity contribution in [1.29, 1.82) is 0 Å². The van der Waals surface area contributed by atoms with Crippen molar-refractivity contribution in [3.05, 3.63) is 22.7 Å². The molecule has 0 aliphatic heterocycles. The number of methoxy groups -OCH3 is 2. The van der Waals surface area contributed by atoms with E-state index in [0.717, 1.165) is 31.4 Å². The molecule has 4 aliphatic rings. The number of aliphatic hydroxyl groups is 1. The third-order valence-corrected chi connectivity index (χ3v) is 6.47. The van der Waals surface area contributed by atoms with Gasteiger partial charge in [0.25, 0.3) is 0 Å². The molecule has 0 heterocycles. The molecule has 140 valence electrons. The van der Waals surface area contributed by atoms with Crippen LogP contribution in [0.2, 0.25) is 5.02 Å². The smallest absolute Gasteiger partial charge is 0.179 e. The SMILES string of the molecule is COc1cc(CNC23CC4CC(CC(O)(C4)C2)C3)cc(Cl)c1OC.Cl. The first-order valence-electron chi connectivity index (χ1n) is 8.82. The number of ether oxygens (including phenoxy) is 2. The van der Waals surface area contributed by atoms with E-state index in [1.807, 2.05) is 12.1 Å². The maximum Gasteiger partial charge on any atom is 0.179 e. The largest absolute Gasteiger partial charge is 0.493 e. The standard InChI is InChI=1S/C19H26ClNO3.ClH/c1-23-16-5-12(4-15(20)17(16)24-2)10-21-18-6-13-3-14(7-18)9-19(22,8-13)11-18;/h4-5,13-14,21-22H,3,6-11H2,1-2H3;1H. The maximum atomic E-state index is 10.9. The molecule has 4 bridgehead atoms. The average molecular weight is 388 g/mol. The number of rotatable bonds is 5. The minimum atomic E-state index is -0.438. The predicted octanol–water partition coefficient (Wildman–Crippen LogP) is 3.95. The van der Waals surface area contributed by atoms with Gasteiger partial charge in [0.05, 0.1) is 24.8 Å². The first-order chi connectivity index (χ1) is 11.4. The molecule has 2 N–H and O–H groups in total. The Balaban J connectivity index is 0.00000182. The Labute approximate surface area is 160 Å². The average Bonchev–Trinajstić information content (AvgIpc) is 2.50. The fraction of sp³-hybridized carbons (Fsp3) is 0.684. The van der Waals surface area contributed by atoms with Crippen LogP contribution >= 0.6 is 24.0 Å². The van der Waals surface area contributed by atoms with E-state index in [9.17, 15) is 5.11 Å². The number of nitrogens with one attached hydrogen (secondary N) is 1. The van der Waals surface area contributed by atoms with E-state index in [1.54, 1.807) is 14.2 Å². The molecule has 0 spiro atoms. The van der Waals surface area contributed by atoms with E-state index in [-0.39, 0.29) is 17.9 Å². The molecular formula is C19H27Cl2NO3. The molecule has 4 saturated carbocycles. The highest BCUT2D eigenvalue weighted by atomic mass is 35.5. The number of hydrogen-bond donors (Lipinski definition) is 2. The van der Waals surface area contributed by atoms with Crippen LogP contribution in [0.5, 0.6) is 11.5 Å². The summed E-state index contributed by atoms with van der Waals surface area (Å²) in [6.07, 6.45) is 6.55. The Bertz CT molecular complexity index is 638. The summed E-state index contributed by atoms with van der Waals surface area (Å²) in [6.45, 7) is 0.732. The molecule has 6 heteroatoms. The molecule has 2 atom stereocenters. The zero-order valence-electron chi connectivity index (χ0n) is 14.8. The van der Waals surface area contributed by atoms with E-state index < -0.39 is 5.60 Å². The van der Waals surface area contributed by atoms with Crippen molar-refractivity contribution in [3.8, 4) is 11.5 Å². The zero-order chi connectivity index (χ0) is 16.9. The summed E-state index contributed by atoms with van der Waals surface area (Å²) >= 11 is 6.32. The zero-order valence-corrected chi connectivity index (χ0v) is 16.4. The van der Waals surface area contributed by atoms with Crippen LogP contribution in [0, 0.1) is 11.8 Å². The van der Waals surface area contributed by atoms with Gasteiger partial charge in [0.2, 0.25) is 0 Å². The van der Waals surface area contributed by atoms with Crippen molar-refractivity contribution >= 4 is 24.0 Å². The molecule has 0 aromatic heterocycles. The van der Waals surface area contributed by atoms with Gasteiger partial charge >= 0.3 is 0 Å². The summed E-state index contributed by atoms with van der Waals surface area (Å²) in [7, 11) is 3.22. The van der Waals surface area contributed by atoms with Gasteiger partial charge in [-0.1, -0.05) is 11.6 Å². The first-order valence-corrected chi connectivity index (χ1v) is 9.20. The highest BCUT2D eigenvalue weighted by Crippen LogP contribution is 2.57. The summed E-state index contributed by atoms with van der Waals surface area (Å²) in [5.74, 6) is 2.59. The van der Waals surface area contributed by atoms with Gasteiger partial charge in [-0.25, -0.2) is 0 Å². The summed E-state index contributed by atoms with van der Waals surface area (Å²) in [5.41, 5.74) is 0.727. The fourth-order valence-corrected chi connectivity index (χ4v) is 6.09. The van der Waals surface area contributed by atoms with Crippen LogP contribution in [0.3, 0.4) is 0 Å². The third kappa shape index (κ3) is 3.46. The molecule has 1 aromatic carbocycles. The molecule has 4 nitrogen and oxygen atoms in total. The van der Waals surface area contributed by atoms with E-state index in [4.69, 9.17) is 21.1 Å². The molecular weight excluding hydrogens is 361 g/mol. The van der Waals surface area contributed by atoms with Gasteiger partial charge in [0.1, 0.15) is 0 Å².